The van der Waals surface area contributed by atoms with Crippen molar-refractivity contribution in [3.05, 3.63) is 57.6 Å². The van der Waals surface area contributed by atoms with Gasteiger partial charge >= 0.3 is 0 Å². The summed E-state index contributed by atoms with van der Waals surface area (Å²) in [6.45, 7) is 9.08. The van der Waals surface area contributed by atoms with Crippen LogP contribution in [0.1, 0.15) is 27.0 Å². The van der Waals surface area contributed by atoms with Crippen LogP contribution >= 0.6 is 22.9 Å². The summed E-state index contributed by atoms with van der Waals surface area (Å²) in [5.41, 5.74) is 5.05. The van der Waals surface area contributed by atoms with E-state index in [4.69, 9.17) is 16.6 Å². The molecule has 0 aliphatic carbocycles. The molecule has 0 N–H and O–H groups in total. The highest BCUT2D eigenvalue weighted by atomic mass is 35.5. The third kappa shape index (κ3) is 3.54. The van der Waals surface area contributed by atoms with Crippen molar-refractivity contribution in [2.75, 3.05) is 31.1 Å². The topological polar surface area (TPSA) is 36.4 Å². The average molecular weight is 400 g/mol. The number of thiazole rings is 1. The minimum Gasteiger partial charge on any atom is -0.345 e. The Morgan fingerprint density at radius 3 is 2.37 bits per heavy atom. The molecule has 0 atom stereocenters. The van der Waals surface area contributed by atoms with E-state index in [9.17, 15) is 4.79 Å². The molecule has 4 rings (SSSR count). The lowest BCUT2D eigenvalue weighted by molar-refractivity contribution is 0.0746. The van der Waals surface area contributed by atoms with E-state index in [-0.39, 0.29) is 5.91 Å². The Morgan fingerprint density at radius 1 is 1.04 bits per heavy atom. The number of benzene rings is 2. The summed E-state index contributed by atoms with van der Waals surface area (Å²) >= 11 is 7.91. The van der Waals surface area contributed by atoms with Crippen LogP contribution in [-0.2, 0) is 0 Å². The summed E-state index contributed by atoms with van der Waals surface area (Å²) in [4.78, 5) is 21.9. The fourth-order valence-corrected chi connectivity index (χ4v) is 4.83. The van der Waals surface area contributed by atoms with Crippen LogP contribution in [0.3, 0.4) is 0 Å². The molecule has 1 aromatic heterocycles. The van der Waals surface area contributed by atoms with Crippen LogP contribution < -0.4 is 4.90 Å². The maximum atomic E-state index is 12.9. The molecule has 0 radical (unpaired) electrons. The quantitative estimate of drug-likeness (QED) is 0.618. The van der Waals surface area contributed by atoms with E-state index in [1.54, 1.807) is 11.3 Å². The van der Waals surface area contributed by atoms with Crippen LogP contribution in [0, 0.1) is 20.8 Å². The van der Waals surface area contributed by atoms with Crippen LogP contribution in [0.15, 0.2) is 30.3 Å². The van der Waals surface area contributed by atoms with E-state index in [1.807, 2.05) is 49.9 Å². The normalized spacial score (nSPS) is 14.8. The fourth-order valence-electron chi connectivity index (χ4n) is 3.61. The van der Waals surface area contributed by atoms with Gasteiger partial charge in [-0.3, -0.25) is 4.79 Å². The molecule has 3 aromatic rings. The number of hydrogen-bond donors (Lipinski definition) is 0. The Hall–Kier alpha value is -2.11. The van der Waals surface area contributed by atoms with Gasteiger partial charge in [0.1, 0.15) is 0 Å². The molecular formula is C21H22ClN3OS. The lowest BCUT2D eigenvalue weighted by Gasteiger charge is -2.34. The number of aromatic nitrogens is 1. The van der Waals surface area contributed by atoms with Gasteiger partial charge in [0.25, 0.3) is 5.91 Å². The number of amides is 1. The molecule has 4 nitrogen and oxygen atoms in total. The van der Waals surface area contributed by atoms with Gasteiger partial charge in [-0.2, -0.15) is 0 Å². The predicted octanol–water partition coefficient (Wildman–Crippen LogP) is 4.84. The highest BCUT2D eigenvalue weighted by Gasteiger charge is 2.24. The maximum Gasteiger partial charge on any atom is 0.253 e. The zero-order valence-electron chi connectivity index (χ0n) is 15.8. The summed E-state index contributed by atoms with van der Waals surface area (Å²) in [5.74, 6) is 0.119. The number of piperazine rings is 1. The molecule has 1 aliphatic heterocycles. The first kappa shape index (κ1) is 18.3. The van der Waals surface area contributed by atoms with Crippen molar-refractivity contribution in [3.63, 3.8) is 0 Å². The van der Waals surface area contributed by atoms with E-state index in [2.05, 4.69) is 11.0 Å². The Balaban J connectivity index is 1.49. The van der Waals surface area contributed by atoms with Gasteiger partial charge in [-0.15, -0.1) is 0 Å². The number of carbonyl (C=O) groups excluding carboxylic acids is 1. The van der Waals surface area contributed by atoms with E-state index in [0.29, 0.717) is 13.1 Å². The number of nitrogens with zero attached hydrogens (tertiary/aromatic N) is 3. The van der Waals surface area contributed by atoms with E-state index in [0.717, 1.165) is 55.7 Å². The summed E-state index contributed by atoms with van der Waals surface area (Å²) in [5, 5.41) is 1.76. The SMILES string of the molecule is Cc1cc(C)cc(C(=O)N2CCN(c3nc4c(C)c(Cl)ccc4s3)CC2)c1. The molecular weight excluding hydrogens is 378 g/mol. The second-order valence-corrected chi connectivity index (χ2v) is 8.59. The number of anilines is 1. The first-order chi connectivity index (χ1) is 12.9. The number of rotatable bonds is 2. The molecule has 6 heteroatoms. The van der Waals surface area contributed by atoms with Crippen LogP contribution in [-0.4, -0.2) is 42.0 Å². The first-order valence-electron chi connectivity index (χ1n) is 9.10. The number of halogens is 1. The largest absolute Gasteiger partial charge is 0.345 e. The highest BCUT2D eigenvalue weighted by molar-refractivity contribution is 7.22. The number of hydrogen-bond acceptors (Lipinski definition) is 4. The maximum absolute atomic E-state index is 12.9. The average Bonchev–Trinajstić information content (AvgIpc) is 3.09. The lowest BCUT2D eigenvalue weighted by Crippen LogP contribution is -2.48. The molecule has 2 aromatic carbocycles. The van der Waals surface area contributed by atoms with Crippen LogP contribution in [0.2, 0.25) is 5.02 Å². The molecule has 140 valence electrons. The van der Waals surface area contributed by atoms with Crippen LogP contribution in [0.5, 0.6) is 0 Å². The van der Waals surface area contributed by atoms with Crippen molar-refractivity contribution < 1.29 is 4.79 Å². The van der Waals surface area contributed by atoms with Gasteiger partial charge in [0, 0.05) is 36.8 Å². The molecule has 1 saturated heterocycles. The Bertz CT molecular complexity index is 1000. The third-order valence-electron chi connectivity index (χ3n) is 5.04. The number of carbonyl (C=O) groups is 1. The van der Waals surface area contributed by atoms with Gasteiger partial charge in [0.05, 0.1) is 10.2 Å². The predicted molar refractivity (Wildman–Crippen MR) is 113 cm³/mol. The molecule has 0 bridgehead atoms. The molecule has 2 heterocycles. The van der Waals surface area contributed by atoms with Crippen molar-refractivity contribution in [3.8, 4) is 0 Å². The molecule has 1 amide bonds. The molecule has 0 unspecified atom stereocenters. The monoisotopic (exact) mass is 399 g/mol. The van der Waals surface area contributed by atoms with Gasteiger partial charge in [-0.05, 0) is 50.6 Å². The zero-order valence-corrected chi connectivity index (χ0v) is 17.3. The van der Waals surface area contributed by atoms with E-state index in [1.165, 1.54) is 0 Å². The van der Waals surface area contributed by atoms with Gasteiger partial charge in [-0.1, -0.05) is 40.1 Å². The minimum absolute atomic E-state index is 0.119. The Kier molecular flexibility index (Phi) is 4.82. The van der Waals surface area contributed by atoms with Crippen molar-refractivity contribution in [1.29, 1.82) is 0 Å². The Morgan fingerprint density at radius 2 is 1.70 bits per heavy atom. The lowest BCUT2D eigenvalue weighted by atomic mass is 10.1. The van der Waals surface area contributed by atoms with Gasteiger partial charge in [-0.25, -0.2) is 4.98 Å². The summed E-state index contributed by atoms with van der Waals surface area (Å²) in [6.07, 6.45) is 0. The van der Waals surface area contributed by atoms with Gasteiger partial charge in [0.2, 0.25) is 0 Å². The van der Waals surface area contributed by atoms with Crippen molar-refractivity contribution in [1.82, 2.24) is 9.88 Å². The summed E-state index contributed by atoms with van der Waals surface area (Å²) in [7, 11) is 0. The summed E-state index contributed by atoms with van der Waals surface area (Å²) < 4.78 is 1.15. The first-order valence-corrected chi connectivity index (χ1v) is 10.3. The summed E-state index contributed by atoms with van der Waals surface area (Å²) in [6, 6.07) is 10.0. The molecule has 0 spiro atoms. The standard InChI is InChI=1S/C21H22ClN3OS/c1-13-10-14(2)12-16(11-13)20(26)24-6-8-25(9-7-24)21-23-19-15(3)17(22)4-5-18(19)27-21/h4-5,10-12H,6-9H2,1-3H3. The number of aryl methyl sites for hydroxylation is 3. The Labute approximate surface area is 168 Å². The molecule has 27 heavy (non-hydrogen) atoms. The van der Waals surface area contributed by atoms with Gasteiger partial charge in [0.15, 0.2) is 5.13 Å². The highest BCUT2D eigenvalue weighted by Crippen LogP contribution is 2.33. The third-order valence-corrected chi connectivity index (χ3v) is 6.53. The second-order valence-electron chi connectivity index (χ2n) is 7.17. The number of fused-ring (bicyclic) bond motifs is 1. The van der Waals surface area contributed by atoms with E-state index < -0.39 is 0 Å². The van der Waals surface area contributed by atoms with Gasteiger partial charge < -0.3 is 9.80 Å². The minimum atomic E-state index is 0.119. The van der Waals surface area contributed by atoms with Crippen LogP contribution in [0.4, 0.5) is 5.13 Å². The zero-order chi connectivity index (χ0) is 19.1. The van der Waals surface area contributed by atoms with E-state index >= 15 is 0 Å². The van der Waals surface area contributed by atoms with Crippen LogP contribution in [0.25, 0.3) is 10.2 Å². The second kappa shape index (κ2) is 7.13. The molecule has 1 aliphatic rings. The molecule has 1 fully saturated rings. The van der Waals surface area contributed by atoms with Crippen molar-refractivity contribution >= 4 is 44.2 Å². The van der Waals surface area contributed by atoms with Crippen molar-refractivity contribution in [2.45, 2.75) is 20.8 Å². The smallest absolute Gasteiger partial charge is 0.253 e. The van der Waals surface area contributed by atoms with Crippen molar-refractivity contribution in [2.24, 2.45) is 0 Å². The fraction of sp³-hybridized carbons (Fsp3) is 0.333. The molecule has 0 saturated carbocycles.